The lowest BCUT2D eigenvalue weighted by molar-refractivity contribution is 0.0955. The molecule has 5 heteroatoms. The maximum absolute atomic E-state index is 12.0. The van der Waals surface area contributed by atoms with E-state index in [9.17, 15) is 9.90 Å². The van der Waals surface area contributed by atoms with Gasteiger partial charge in [-0.05, 0) is 40.7 Å². The van der Waals surface area contributed by atoms with Crippen LogP contribution >= 0.6 is 0 Å². The van der Waals surface area contributed by atoms with E-state index >= 15 is 0 Å². The number of carbonyl (C=O) groups excluding carboxylic acids is 1. The maximum atomic E-state index is 12.0. The molecule has 1 aromatic carbocycles. The van der Waals surface area contributed by atoms with E-state index < -0.39 is 0 Å². The zero-order valence-corrected chi connectivity index (χ0v) is 16.3. The van der Waals surface area contributed by atoms with Crippen molar-refractivity contribution in [2.45, 2.75) is 52.4 Å². The number of nitrogens with one attached hydrogen (secondary N) is 1. The summed E-state index contributed by atoms with van der Waals surface area (Å²) >= 11 is 0. The topological polar surface area (TPSA) is 74.6 Å². The van der Waals surface area contributed by atoms with Crippen LogP contribution < -0.4 is 5.43 Å². The van der Waals surface area contributed by atoms with E-state index in [1.54, 1.807) is 30.7 Å². The molecule has 2 rings (SSSR count). The Hall–Kier alpha value is -2.69. The number of carbonyl (C=O) groups is 1. The van der Waals surface area contributed by atoms with E-state index in [2.05, 4.69) is 57.1 Å². The fourth-order valence-corrected chi connectivity index (χ4v) is 2.61. The normalized spacial score (nSPS) is 12.4. The van der Waals surface area contributed by atoms with Gasteiger partial charge >= 0.3 is 0 Å². The standard InChI is InChI=1S/C21H27N3O2/c1-20(2,3)16-11-14(12-17(18(16)25)21(4,5)6)13-23-24-19(26)15-7-9-22-10-8-15/h7-13,25H,1-6H3,(H,24,26)/b23-13+. The molecule has 0 aliphatic heterocycles. The van der Waals surface area contributed by atoms with Crippen LogP contribution in [0.25, 0.3) is 0 Å². The molecule has 0 aliphatic carbocycles. The monoisotopic (exact) mass is 353 g/mol. The summed E-state index contributed by atoms with van der Waals surface area (Å²) in [4.78, 5) is 15.9. The number of aromatic nitrogens is 1. The van der Waals surface area contributed by atoms with Gasteiger partial charge < -0.3 is 5.11 Å². The number of amides is 1. The zero-order chi connectivity index (χ0) is 19.5. The van der Waals surface area contributed by atoms with E-state index in [0.29, 0.717) is 11.3 Å². The molecule has 0 radical (unpaired) electrons. The smallest absolute Gasteiger partial charge is 0.271 e. The van der Waals surface area contributed by atoms with Crippen molar-refractivity contribution >= 4 is 12.1 Å². The van der Waals surface area contributed by atoms with Gasteiger partial charge in [-0.15, -0.1) is 0 Å². The molecule has 0 saturated heterocycles. The highest BCUT2D eigenvalue weighted by Gasteiger charge is 2.26. The molecule has 2 N–H and O–H groups in total. The molecule has 0 saturated carbocycles. The third kappa shape index (κ3) is 4.69. The summed E-state index contributed by atoms with van der Waals surface area (Å²) in [5.74, 6) is 0.0255. The van der Waals surface area contributed by atoms with E-state index in [4.69, 9.17) is 0 Å². The molecule has 0 unspecified atom stereocenters. The molecule has 0 atom stereocenters. The number of aromatic hydroxyl groups is 1. The van der Waals surface area contributed by atoms with E-state index in [0.717, 1.165) is 16.7 Å². The maximum Gasteiger partial charge on any atom is 0.271 e. The molecule has 0 aliphatic rings. The Labute approximate surface area is 155 Å². The highest BCUT2D eigenvalue weighted by Crippen LogP contribution is 2.39. The molecule has 1 amide bonds. The van der Waals surface area contributed by atoms with Crippen LogP contribution in [-0.2, 0) is 10.8 Å². The van der Waals surface area contributed by atoms with E-state index in [1.165, 1.54) is 0 Å². The van der Waals surface area contributed by atoms with Crippen LogP contribution in [0.2, 0.25) is 0 Å². The minimum atomic E-state index is -0.297. The van der Waals surface area contributed by atoms with Crippen molar-refractivity contribution in [3.05, 3.63) is 58.9 Å². The number of hydrogen-bond donors (Lipinski definition) is 2. The third-order valence-electron chi connectivity index (χ3n) is 4.07. The molecule has 1 aromatic heterocycles. The first kappa shape index (κ1) is 19.6. The SMILES string of the molecule is CC(C)(C)c1cc(/C=N/NC(=O)c2ccncc2)cc(C(C)(C)C)c1O. The number of phenols is 1. The lowest BCUT2D eigenvalue weighted by Gasteiger charge is -2.27. The molecule has 0 bridgehead atoms. The minimum Gasteiger partial charge on any atom is -0.507 e. The second kappa shape index (κ2) is 7.28. The first-order valence-electron chi connectivity index (χ1n) is 8.61. The average Bonchev–Trinajstić information content (AvgIpc) is 2.54. The van der Waals surface area contributed by atoms with Crippen molar-refractivity contribution in [2.24, 2.45) is 5.10 Å². The quantitative estimate of drug-likeness (QED) is 0.643. The number of phenolic OH excluding ortho intramolecular Hbond substituents is 1. The van der Waals surface area contributed by atoms with Crippen LogP contribution in [-0.4, -0.2) is 22.2 Å². The van der Waals surface area contributed by atoms with Crippen LogP contribution in [0.3, 0.4) is 0 Å². The van der Waals surface area contributed by atoms with Crippen molar-refractivity contribution < 1.29 is 9.90 Å². The summed E-state index contributed by atoms with van der Waals surface area (Å²) in [6, 6.07) is 7.07. The van der Waals surface area contributed by atoms with Crippen molar-refractivity contribution in [2.75, 3.05) is 0 Å². The van der Waals surface area contributed by atoms with Gasteiger partial charge in [0.2, 0.25) is 0 Å². The molecule has 26 heavy (non-hydrogen) atoms. The fourth-order valence-electron chi connectivity index (χ4n) is 2.61. The lowest BCUT2D eigenvalue weighted by Crippen LogP contribution is -2.19. The number of hydrazone groups is 1. The summed E-state index contributed by atoms with van der Waals surface area (Å²) in [6.45, 7) is 12.3. The van der Waals surface area contributed by atoms with Gasteiger partial charge in [0.25, 0.3) is 5.91 Å². The number of nitrogens with zero attached hydrogens (tertiary/aromatic N) is 2. The van der Waals surface area contributed by atoms with Crippen LogP contribution in [0.5, 0.6) is 5.75 Å². The Morgan fingerprint density at radius 2 is 1.54 bits per heavy atom. The Morgan fingerprint density at radius 3 is 2.00 bits per heavy atom. The van der Waals surface area contributed by atoms with Crippen LogP contribution in [0, 0.1) is 0 Å². The first-order chi connectivity index (χ1) is 12.0. The van der Waals surface area contributed by atoms with E-state index in [1.807, 2.05) is 12.1 Å². The summed E-state index contributed by atoms with van der Waals surface area (Å²) in [5.41, 5.74) is 5.12. The molecule has 1 heterocycles. The van der Waals surface area contributed by atoms with Crippen LogP contribution in [0.15, 0.2) is 41.8 Å². The van der Waals surface area contributed by atoms with Crippen LogP contribution in [0.4, 0.5) is 0 Å². The molecular formula is C21H27N3O2. The van der Waals surface area contributed by atoms with Crippen molar-refractivity contribution in [3.63, 3.8) is 0 Å². The molecule has 0 fully saturated rings. The molecule has 0 spiro atoms. The van der Waals surface area contributed by atoms with Crippen molar-refractivity contribution in [1.82, 2.24) is 10.4 Å². The molecular weight excluding hydrogens is 326 g/mol. The van der Waals surface area contributed by atoms with Crippen LogP contribution in [0.1, 0.15) is 68.6 Å². The minimum absolute atomic E-state index is 0.214. The zero-order valence-electron chi connectivity index (χ0n) is 16.3. The van der Waals surface area contributed by atoms with Gasteiger partial charge in [-0.25, -0.2) is 5.43 Å². The predicted molar refractivity (Wildman–Crippen MR) is 105 cm³/mol. The number of hydrogen-bond acceptors (Lipinski definition) is 4. The number of benzene rings is 1. The van der Waals surface area contributed by atoms with Gasteiger partial charge in [-0.1, -0.05) is 41.5 Å². The molecule has 2 aromatic rings. The fraction of sp³-hybridized carbons (Fsp3) is 0.381. The Bertz CT molecular complexity index is 778. The summed E-state index contributed by atoms with van der Waals surface area (Å²) < 4.78 is 0. The highest BCUT2D eigenvalue weighted by atomic mass is 16.3. The van der Waals surface area contributed by atoms with Crippen molar-refractivity contribution in [1.29, 1.82) is 0 Å². The Morgan fingerprint density at radius 1 is 1.04 bits per heavy atom. The summed E-state index contributed by atoms with van der Waals surface area (Å²) in [7, 11) is 0. The molecule has 5 nitrogen and oxygen atoms in total. The Balaban J connectivity index is 2.33. The van der Waals surface area contributed by atoms with Crippen molar-refractivity contribution in [3.8, 4) is 5.75 Å². The highest BCUT2D eigenvalue weighted by molar-refractivity contribution is 5.94. The van der Waals surface area contributed by atoms with Gasteiger partial charge in [0.1, 0.15) is 5.75 Å². The average molecular weight is 353 g/mol. The van der Waals surface area contributed by atoms with Gasteiger partial charge in [0.15, 0.2) is 0 Å². The van der Waals surface area contributed by atoms with Gasteiger partial charge in [0, 0.05) is 29.1 Å². The largest absolute Gasteiger partial charge is 0.507 e. The Kier molecular flexibility index (Phi) is 5.50. The molecule has 138 valence electrons. The van der Waals surface area contributed by atoms with Gasteiger partial charge in [-0.3, -0.25) is 9.78 Å². The van der Waals surface area contributed by atoms with Gasteiger partial charge in [-0.2, -0.15) is 5.10 Å². The van der Waals surface area contributed by atoms with Gasteiger partial charge in [0.05, 0.1) is 6.21 Å². The predicted octanol–water partition coefficient (Wildman–Crippen LogP) is 4.15. The third-order valence-corrected chi connectivity index (χ3v) is 4.07. The lowest BCUT2D eigenvalue weighted by atomic mass is 9.78. The first-order valence-corrected chi connectivity index (χ1v) is 8.61. The second-order valence-corrected chi connectivity index (χ2v) is 8.40. The summed E-state index contributed by atoms with van der Waals surface area (Å²) in [6.07, 6.45) is 4.72. The van der Waals surface area contributed by atoms with E-state index in [-0.39, 0.29) is 16.7 Å². The second-order valence-electron chi connectivity index (χ2n) is 8.40. The number of pyridine rings is 1. The summed E-state index contributed by atoms with van der Waals surface area (Å²) in [5, 5.41) is 14.8. The number of rotatable bonds is 3.